The van der Waals surface area contributed by atoms with Crippen molar-refractivity contribution in [3.63, 3.8) is 0 Å². The van der Waals surface area contributed by atoms with Crippen molar-refractivity contribution in [2.24, 2.45) is 0 Å². The molecule has 176 valence electrons. The summed E-state index contributed by atoms with van der Waals surface area (Å²) in [6, 6.07) is 9.74. The van der Waals surface area contributed by atoms with Gasteiger partial charge in [-0.1, -0.05) is 18.2 Å². The van der Waals surface area contributed by atoms with Gasteiger partial charge in [0, 0.05) is 47.6 Å². The molecule has 0 bridgehead atoms. The molecule has 2 fully saturated rings. The van der Waals surface area contributed by atoms with Crippen LogP contribution in [0.2, 0.25) is 0 Å². The number of rotatable bonds is 4. The zero-order valence-electron chi connectivity index (χ0n) is 18.6. The first kappa shape index (κ1) is 21.8. The minimum Gasteiger partial charge on any atom is -0.378 e. The Balaban J connectivity index is 1.22. The van der Waals surface area contributed by atoms with Gasteiger partial charge in [-0.25, -0.2) is 18.4 Å². The van der Waals surface area contributed by atoms with Gasteiger partial charge in [-0.2, -0.15) is 4.31 Å². The molecule has 2 aliphatic rings. The number of aromatic nitrogens is 3. The lowest BCUT2D eigenvalue weighted by Crippen LogP contribution is -2.38. The molecule has 0 radical (unpaired) electrons. The van der Waals surface area contributed by atoms with E-state index in [1.54, 1.807) is 16.0 Å². The lowest BCUT2D eigenvalue weighted by molar-refractivity contribution is 0.122. The van der Waals surface area contributed by atoms with Crippen molar-refractivity contribution in [2.45, 2.75) is 23.7 Å². The molecule has 2 saturated heterocycles. The first-order valence-corrected chi connectivity index (χ1v) is 13.8. The molecule has 8 nitrogen and oxygen atoms in total. The van der Waals surface area contributed by atoms with E-state index in [1.165, 1.54) is 11.3 Å². The molecule has 6 rings (SSSR count). The van der Waals surface area contributed by atoms with Crippen LogP contribution in [-0.2, 0) is 14.8 Å². The van der Waals surface area contributed by atoms with Gasteiger partial charge in [0.1, 0.15) is 16.7 Å². The summed E-state index contributed by atoms with van der Waals surface area (Å²) >= 11 is 1.47. The highest BCUT2D eigenvalue weighted by atomic mass is 32.2. The number of nitrogens with zero attached hydrogens (tertiary/aromatic N) is 5. The standard InChI is InChI=1S/C24H25N5O3S2/c30-34(31,22-15-33-21-4-2-1-3-19(21)22)29-7-5-17(6-8-29)23-24-20(26-16-27-23)13-18(14-25-24)28-9-11-32-12-10-28/h1-4,13-17H,5-12H2. The number of thiophene rings is 1. The highest BCUT2D eigenvalue weighted by Crippen LogP contribution is 2.36. The smallest absolute Gasteiger partial charge is 0.244 e. The molecule has 0 N–H and O–H groups in total. The van der Waals surface area contributed by atoms with E-state index in [9.17, 15) is 8.42 Å². The molecule has 0 saturated carbocycles. The van der Waals surface area contributed by atoms with Crippen LogP contribution in [0.4, 0.5) is 5.69 Å². The summed E-state index contributed by atoms with van der Waals surface area (Å²) in [4.78, 5) is 16.5. The Bertz CT molecular complexity index is 1440. The first-order chi connectivity index (χ1) is 16.6. The Hall–Kier alpha value is -2.66. The zero-order chi connectivity index (χ0) is 23.1. The van der Waals surface area contributed by atoms with Crippen LogP contribution in [0.25, 0.3) is 21.1 Å². The lowest BCUT2D eigenvalue weighted by atomic mass is 9.93. The molecule has 34 heavy (non-hydrogen) atoms. The van der Waals surface area contributed by atoms with Crippen LogP contribution >= 0.6 is 11.3 Å². The molecule has 0 atom stereocenters. The maximum atomic E-state index is 13.4. The molecular weight excluding hydrogens is 470 g/mol. The van der Waals surface area contributed by atoms with Crippen LogP contribution in [0.1, 0.15) is 24.5 Å². The third-order valence-electron chi connectivity index (χ3n) is 6.77. The van der Waals surface area contributed by atoms with Gasteiger partial charge in [0.25, 0.3) is 0 Å². The second-order valence-corrected chi connectivity index (χ2v) is 11.5. The molecule has 10 heteroatoms. The largest absolute Gasteiger partial charge is 0.378 e. The SMILES string of the molecule is O=S(=O)(c1csc2ccccc12)N1CCC(c2ncnc3cc(N4CCOCC4)cnc23)CC1. The average Bonchev–Trinajstić information content (AvgIpc) is 3.34. The minimum atomic E-state index is -3.53. The number of fused-ring (bicyclic) bond motifs is 2. The summed E-state index contributed by atoms with van der Waals surface area (Å²) in [5.74, 6) is 0.151. The molecule has 5 heterocycles. The number of sulfonamides is 1. The van der Waals surface area contributed by atoms with E-state index >= 15 is 0 Å². The van der Waals surface area contributed by atoms with E-state index < -0.39 is 10.0 Å². The minimum absolute atomic E-state index is 0.151. The van der Waals surface area contributed by atoms with Crippen molar-refractivity contribution in [2.75, 3.05) is 44.3 Å². The molecule has 0 unspecified atom stereocenters. The van der Waals surface area contributed by atoms with Crippen LogP contribution in [0, 0.1) is 0 Å². The van der Waals surface area contributed by atoms with Gasteiger partial charge < -0.3 is 9.64 Å². The Labute approximate surface area is 202 Å². The topological polar surface area (TPSA) is 88.5 Å². The summed E-state index contributed by atoms with van der Waals surface area (Å²) in [5, 5.41) is 2.57. The van der Waals surface area contributed by atoms with Crippen molar-refractivity contribution in [1.82, 2.24) is 19.3 Å². The normalized spacial score (nSPS) is 18.6. The monoisotopic (exact) mass is 495 g/mol. The summed E-state index contributed by atoms with van der Waals surface area (Å²) < 4.78 is 34.8. The van der Waals surface area contributed by atoms with E-state index in [4.69, 9.17) is 9.72 Å². The van der Waals surface area contributed by atoms with E-state index in [2.05, 4.69) is 20.9 Å². The van der Waals surface area contributed by atoms with Gasteiger partial charge in [-0.3, -0.25) is 4.98 Å². The molecule has 4 aromatic rings. The maximum absolute atomic E-state index is 13.4. The van der Waals surface area contributed by atoms with Crippen LogP contribution in [0.3, 0.4) is 0 Å². The fourth-order valence-electron chi connectivity index (χ4n) is 4.91. The number of hydrogen-bond acceptors (Lipinski definition) is 8. The zero-order valence-corrected chi connectivity index (χ0v) is 20.3. The summed E-state index contributed by atoms with van der Waals surface area (Å²) in [6.07, 6.45) is 4.91. The predicted molar refractivity (Wildman–Crippen MR) is 133 cm³/mol. The van der Waals surface area contributed by atoms with Crippen LogP contribution in [-0.4, -0.2) is 67.1 Å². The Morgan fingerprint density at radius 3 is 2.62 bits per heavy atom. The third kappa shape index (κ3) is 3.84. The third-order valence-corrected chi connectivity index (χ3v) is 9.82. The van der Waals surface area contributed by atoms with Gasteiger partial charge in [0.05, 0.1) is 36.3 Å². The molecule has 3 aromatic heterocycles. The predicted octanol–water partition coefficient (Wildman–Crippen LogP) is 3.64. The maximum Gasteiger partial charge on any atom is 0.244 e. The van der Waals surface area contributed by atoms with Crippen molar-refractivity contribution >= 4 is 48.2 Å². The second-order valence-electron chi connectivity index (χ2n) is 8.69. The fourth-order valence-corrected chi connectivity index (χ4v) is 7.85. The van der Waals surface area contributed by atoms with E-state index in [0.29, 0.717) is 30.8 Å². The number of ether oxygens (including phenoxy) is 1. The summed E-state index contributed by atoms with van der Waals surface area (Å²) in [5.41, 5.74) is 3.60. The van der Waals surface area contributed by atoms with Crippen molar-refractivity contribution in [3.8, 4) is 0 Å². The number of morpholine rings is 1. The van der Waals surface area contributed by atoms with Crippen LogP contribution in [0.5, 0.6) is 0 Å². The van der Waals surface area contributed by atoms with Crippen molar-refractivity contribution < 1.29 is 13.2 Å². The molecule has 0 aliphatic carbocycles. The van der Waals surface area contributed by atoms with Crippen molar-refractivity contribution in [1.29, 1.82) is 0 Å². The van der Waals surface area contributed by atoms with E-state index in [1.807, 2.05) is 30.5 Å². The molecule has 2 aliphatic heterocycles. The number of piperidine rings is 1. The highest BCUT2D eigenvalue weighted by Gasteiger charge is 2.33. The number of anilines is 1. The molecule has 1 aromatic carbocycles. The summed E-state index contributed by atoms with van der Waals surface area (Å²) in [6.45, 7) is 4.06. The van der Waals surface area contributed by atoms with Crippen molar-refractivity contribution in [3.05, 3.63) is 53.9 Å². The van der Waals surface area contributed by atoms with Crippen LogP contribution < -0.4 is 4.90 Å². The van der Waals surface area contributed by atoms with Gasteiger partial charge in [0.15, 0.2) is 0 Å². The second kappa shape index (κ2) is 8.84. The van der Waals surface area contributed by atoms with Gasteiger partial charge in [-0.15, -0.1) is 11.3 Å². The Kier molecular flexibility index (Phi) is 5.68. The number of pyridine rings is 1. The lowest BCUT2D eigenvalue weighted by Gasteiger charge is -2.31. The van der Waals surface area contributed by atoms with E-state index in [0.717, 1.165) is 58.8 Å². The molecule has 0 spiro atoms. The van der Waals surface area contributed by atoms with E-state index in [-0.39, 0.29) is 5.92 Å². The highest BCUT2D eigenvalue weighted by molar-refractivity contribution is 7.89. The van der Waals surface area contributed by atoms with Crippen LogP contribution in [0.15, 0.2) is 53.1 Å². The van der Waals surface area contributed by atoms with Gasteiger partial charge >= 0.3 is 0 Å². The number of hydrogen-bond donors (Lipinski definition) is 0. The average molecular weight is 496 g/mol. The quantitative estimate of drug-likeness (QED) is 0.427. The van der Waals surface area contributed by atoms with Gasteiger partial charge in [0.2, 0.25) is 10.0 Å². The number of benzene rings is 1. The Morgan fingerprint density at radius 2 is 1.79 bits per heavy atom. The molecule has 0 amide bonds. The fraction of sp³-hybridized carbons (Fsp3) is 0.375. The first-order valence-electron chi connectivity index (χ1n) is 11.5. The summed E-state index contributed by atoms with van der Waals surface area (Å²) in [7, 11) is -3.53. The molecular formula is C24H25N5O3S2. The van der Waals surface area contributed by atoms with Gasteiger partial charge in [-0.05, 0) is 25.0 Å². The Morgan fingerprint density at radius 1 is 1.00 bits per heavy atom.